The first-order valence-corrected chi connectivity index (χ1v) is 15.3. The molecule has 18 heteroatoms. The van der Waals surface area contributed by atoms with Gasteiger partial charge in [-0.25, -0.2) is 14.2 Å². The third kappa shape index (κ3) is 6.69. The summed E-state index contributed by atoms with van der Waals surface area (Å²) in [4.78, 5) is 54.5. The fourth-order valence-corrected chi connectivity index (χ4v) is 7.72. The number of β-lactam (4-membered cyclic amide) rings is 1. The van der Waals surface area contributed by atoms with E-state index < -0.39 is 41.9 Å². The molecule has 0 aromatic carbocycles. The van der Waals surface area contributed by atoms with Crippen molar-refractivity contribution in [2.45, 2.75) is 27.2 Å². The lowest BCUT2D eigenvalue weighted by molar-refractivity contribution is -0.150. The number of rotatable bonds is 13. The number of anilines is 1. The van der Waals surface area contributed by atoms with Gasteiger partial charge in [-0.3, -0.25) is 19.5 Å². The number of halogens is 1. The Hall–Kier alpha value is -2.90. The maximum atomic E-state index is 13.1. The molecular formula is C22H24FN7O6S4. The lowest BCUT2D eigenvalue weighted by Gasteiger charge is -2.49. The maximum absolute atomic E-state index is 13.1. The van der Waals surface area contributed by atoms with Gasteiger partial charge in [0.25, 0.3) is 11.8 Å². The Kier molecular flexibility index (Phi) is 10.3. The van der Waals surface area contributed by atoms with Crippen molar-refractivity contribution in [3.8, 4) is 0 Å². The van der Waals surface area contributed by atoms with Crippen LogP contribution in [0.15, 0.2) is 49.4 Å². The number of nitrogens with two attached hydrogens (primary N) is 2. The van der Waals surface area contributed by atoms with Crippen LogP contribution in [-0.2, 0) is 19.2 Å². The Labute approximate surface area is 244 Å². The SMILES string of the molecule is Nc1nc(/C(=N/OCCF)C(=O)N[C@@H]2C(=O)N3C(C(=O)O)=C(Sc4ccncc4SCC(N)CO)CS[C@@H]23)cs1. The van der Waals surface area contributed by atoms with E-state index in [1.807, 2.05) is 0 Å². The van der Waals surface area contributed by atoms with Crippen molar-refractivity contribution in [3.05, 3.63) is 40.1 Å². The fourth-order valence-electron chi connectivity index (χ4n) is 3.57. The van der Waals surface area contributed by atoms with Crippen LogP contribution in [-0.4, -0.2) is 97.4 Å². The molecule has 1 fully saturated rings. The second-order valence-corrected chi connectivity index (χ2v) is 12.3. The number of carbonyl (C=O) groups excluding carboxylic acids is 2. The molecule has 0 radical (unpaired) electrons. The van der Waals surface area contributed by atoms with Gasteiger partial charge in [0.1, 0.15) is 36.1 Å². The summed E-state index contributed by atoms with van der Waals surface area (Å²) in [5.74, 6) is -2.00. The number of carboxylic acid groups (broad SMARTS) is 1. The van der Waals surface area contributed by atoms with Crippen molar-refractivity contribution in [1.29, 1.82) is 0 Å². The van der Waals surface area contributed by atoms with Crippen LogP contribution in [0.3, 0.4) is 0 Å². The Morgan fingerprint density at radius 1 is 1.40 bits per heavy atom. The lowest BCUT2D eigenvalue weighted by atomic mass is 10.0. The van der Waals surface area contributed by atoms with Crippen molar-refractivity contribution in [2.24, 2.45) is 10.9 Å². The standard InChI is InChI=1S/C22H24FN7O6S4/c23-2-4-36-29-15(11-8-39-22(25)27-11)18(32)28-16-19(33)30-17(21(34)35)14(9-38-20(16)30)40-12-1-3-26-5-13(12)37-7-10(24)6-31/h1,3,5,8,10,16,20,31H,2,4,6-7,9,24H2,(H2,25,27)(H,28,32)(H,34,35)/b29-15-/t10?,16-,20+/m1/s1. The van der Waals surface area contributed by atoms with Crippen molar-refractivity contribution in [1.82, 2.24) is 20.2 Å². The van der Waals surface area contributed by atoms with E-state index in [1.165, 1.54) is 40.7 Å². The Bertz CT molecular complexity index is 1340. The molecule has 0 spiro atoms. The number of pyridine rings is 1. The first-order valence-electron chi connectivity index (χ1n) is 11.6. The van der Waals surface area contributed by atoms with Crippen LogP contribution in [0.2, 0.25) is 0 Å². The van der Waals surface area contributed by atoms with Gasteiger partial charge < -0.3 is 31.8 Å². The number of aliphatic hydroxyl groups excluding tert-OH is 1. The van der Waals surface area contributed by atoms with E-state index >= 15 is 0 Å². The van der Waals surface area contributed by atoms with Crippen LogP contribution < -0.4 is 16.8 Å². The zero-order valence-corrected chi connectivity index (χ0v) is 23.8. The number of nitrogens with zero attached hydrogens (tertiary/aromatic N) is 4. The van der Waals surface area contributed by atoms with Crippen LogP contribution >= 0.6 is 46.6 Å². The minimum Gasteiger partial charge on any atom is -0.477 e. The van der Waals surface area contributed by atoms with E-state index in [-0.39, 0.29) is 41.2 Å². The number of aromatic nitrogens is 2. The van der Waals surface area contributed by atoms with E-state index in [1.54, 1.807) is 18.5 Å². The summed E-state index contributed by atoms with van der Waals surface area (Å²) in [5, 5.41) is 26.4. The summed E-state index contributed by atoms with van der Waals surface area (Å²) in [7, 11) is 0. The molecule has 4 heterocycles. The molecule has 7 N–H and O–H groups in total. The van der Waals surface area contributed by atoms with Crippen LogP contribution in [0.5, 0.6) is 0 Å². The highest BCUT2D eigenvalue weighted by atomic mass is 32.2. The highest BCUT2D eigenvalue weighted by Crippen LogP contribution is 2.46. The van der Waals surface area contributed by atoms with Gasteiger partial charge in [-0.2, -0.15) is 0 Å². The number of oxime groups is 1. The minimum absolute atomic E-state index is 0.0922. The largest absolute Gasteiger partial charge is 0.477 e. The third-order valence-electron chi connectivity index (χ3n) is 5.39. The molecule has 2 aromatic heterocycles. The van der Waals surface area contributed by atoms with E-state index in [4.69, 9.17) is 16.3 Å². The normalized spacial score (nSPS) is 19.6. The molecule has 13 nitrogen and oxygen atoms in total. The summed E-state index contributed by atoms with van der Waals surface area (Å²) in [6, 6.07) is 0.272. The third-order valence-corrected chi connectivity index (χ3v) is 10.1. The Morgan fingerprint density at radius 2 is 2.20 bits per heavy atom. The summed E-state index contributed by atoms with van der Waals surface area (Å²) >= 11 is 4.94. The molecule has 214 valence electrons. The topological polar surface area (TPSA) is 206 Å². The molecule has 40 heavy (non-hydrogen) atoms. The molecule has 2 aromatic rings. The Morgan fingerprint density at radius 3 is 2.88 bits per heavy atom. The summed E-state index contributed by atoms with van der Waals surface area (Å²) < 4.78 is 12.5. The van der Waals surface area contributed by atoms with Gasteiger partial charge in [0.2, 0.25) is 0 Å². The second-order valence-electron chi connectivity index (χ2n) is 8.15. The quantitative estimate of drug-likeness (QED) is 0.0681. The number of amides is 2. The number of hydrogen-bond acceptors (Lipinski definition) is 14. The first kappa shape index (κ1) is 30.1. The average molecular weight is 630 g/mol. The number of fused-ring (bicyclic) bond motifs is 1. The van der Waals surface area contributed by atoms with Crippen LogP contribution in [0.1, 0.15) is 5.69 Å². The molecule has 2 aliphatic heterocycles. The molecule has 2 aliphatic rings. The van der Waals surface area contributed by atoms with Crippen molar-refractivity contribution in [3.63, 3.8) is 0 Å². The maximum Gasteiger partial charge on any atom is 0.353 e. The van der Waals surface area contributed by atoms with Gasteiger partial charge in [0.05, 0.1) is 6.61 Å². The van der Waals surface area contributed by atoms with Crippen molar-refractivity contribution < 1.29 is 33.8 Å². The zero-order valence-electron chi connectivity index (χ0n) is 20.6. The van der Waals surface area contributed by atoms with Crippen molar-refractivity contribution in [2.75, 3.05) is 37.1 Å². The number of thioether (sulfide) groups is 3. The van der Waals surface area contributed by atoms with Gasteiger partial charge >= 0.3 is 5.97 Å². The van der Waals surface area contributed by atoms with Crippen molar-refractivity contribution >= 4 is 75.2 Å². The lowest BCUT2D eigenvalue weighted by Crippen LogP contribution is -2.71. The summed E-state index contributed by atoms with van der Waals surface area (Å²) in [6.07, 6.45) is 3.20. The van der Waals surface area contributed by atoms with Gasteiger partial charge in [-0.1, -0.05) is 16.9 Å². The van der Waals surface area contributed by atoms with Gasteiger partial charge in [-0.05, 0) is 6.07 Å². The molecule has 0 aliphatic carbocycles. The van der Waals surface area contributed by atoms with Gasteiger partial charge in [0.15, 0.2) is 10.8 Å². The molecule has 2 amide bonds. The minimum atomic E-state index is -1.28. The molecule has 4 rings (SSSR count). The van der Waals surface area contributed by atoms with Crippen LogP contribution in [0, 0.1) is 0 Å². The number of carbonyl (C=O) groups is 3. The van der Waals surface area contributed by atoms with Gasteiger partial charge in [-0.15, -0.1) is 34.9 Å². The number of aliphatic hydroxyl groups is 1. The number of thiazole rings is 1. The van der Waals surface area contributed by atoms with Gasteiger partial charge in [0, 0.05) is 50.0 Å². The molecule has 0 bridgehead atoms. The predicted molar refractivity (Wildman–Crippen MR) is 151 cm³/mol. The number of alkyl halides is 1. The van der Waals surface area contributed by atoms with Crippen LogP contribution in [0.4, 0.5) is 9.52 Å². The molecular weight excluding hydrogens is 606 g/mol. The van der Waals surface area contributed by atoms with E-state index in [9.17, 15) is 29.0 Å². The molecule has 1 unspecified atom stereocenters. The second kappa shape index (κ2) is 13.6. The first-order chi connectivity index (χ1) is 19.2. The highest BCUT2D eigenvalue weighted by molar-refractivity contribution is 8.07. The van der Waals surface area contributed by atoms with Crippen LogP contribution in [0.25, 0.3) is 0 Å². The zero-order chi connectivity index (χ0) is 28.8. The summed E-state index contributed by atoms with van der Waals surface area (Å²) in [6.45, 7) is -1.39. The molecule has 1 saturated heterocycles. The van der Waals surface area contributed by atoms with E-state index in [0.717, 1.165) is 26.0 Å². The number of hydrogen-bond donors (Lipinski definition) is 5. The summed E-state index contributed by atoms with van der Waals surface area (Å²) in [5.41, 5.74) is 11.1. The number of carboxylic acids is 1. The average Bonchev–Trinajstić information content (AvgIpc) is 3.38. The number of aliphatic carboxylic acids is 1. The highest BCUT2D eigenvalue weighted by Gasteiger charge is 2.54. The van der Waals surface area contributed by atoms with E-state index in [2.05, 4.69) is 20.4 Å². The predicted octanol–water partition coefficient (Wildman–Crippen LogP) is 0.711. The smallest absolute Gasteiger partial charge is 0.353 e. The van der Waals surface area contributed by atoms with E-state index in [0.29, 0.717) is 10.7 Å². The molecule has 0 saturated carbocycles. The monoisotopic (exact) mass is 629 g/mol. The number of nitrogens with one attached hydrogen (secondary N) is 1. The molecule has 3 atom stereocenters. The number of nitrogen functional groups attached to an aromatic ring is 1. The fraction of sp³-hybridized carbons (Fsp3) is 0.364. The Balaban J connectivity index is 1.52.